The Balaban J connectivity index is 1.62. The maximum atomic E-state index is 14.0. The average molecular weight is 409 g/mol. The van der Waals surface area contributed by atoms with Gasteiger partial charge in [-0.15, -0.1) is 0 Å². The minimum Gasteiger partial charge on any atom is -0.457 e. The van der Waals surface area contributed by atoms with Crippen LogP contribution in [0.15, 0.2) is 84.9 Å². The van der Waals surface area contributed by atoms with E-state index in [9.17, 15) is 9.18 Å². The van der Waals surface area contributed by atoms with Gasteiger partial charge < -0.3 is 15.0 Å². The number of carbonyl (C=O) groups is 1. The summed E-state index contributed by atoms with van der Waals surface area (Å²) < 4.78 is 22.0. The number of hydrogen-bond acceptors (Lipinski definition) is 2. The van der Waals surface area contributed by atoms with E-state index in [1.54, 1.807) is 18.2 Å². The molecule has 0 atom stereocenters. The van der Waals surface area contributed by atoms with Gasteiger partial charge in [0, 0.05) is 28.9 Å². The number of primary amides is 1. The van der Waals surface area contributed by atoms with Crippen LogP contribution < -0.4 is 10.5 Å². The molecule has 1 radical (unpaired) electrons. The molecule has 1 amide bonds. The van der Waals surface area contributed by atoms with Crippen molar-refractivity contribution in [2.75, 3.05) is 0 Å². The SMILES string of the molecule is NC(=O)c1cccc2c1c1[c]c(F)ccc1n2Cc1cccc(Oc2ccccc2)c1. The molecule has 0 aliphatic carbocycles. The van der Waals surface area contributed by atoms with Gasteiger partial charge in [0.2, 0.25) is 5.91 Å². The molecule has 0 aliphatic heterocycles. The number of benzene rings is 4. The first-order chi connectivity index (χ1) is 15.1. The Bertz CT molecular complexity index is 1420. The van der Waals surface area contributed by atoms with E-state index in [0.29, 0.717) is 22.9 Å². The summed E-state index contributed by atoms with van der Waals surface area (Å²) in [5.41, 5.74) is 8.51. The van der Waals surface area contributed by atoms with Crippen molar-refractivity contribution in [3.63, 3.8) is 0 Å². The molecule has 0 bridgehead atoms. The Morgan fingerprint density at radius 1 is 0.903 bits per heavy atom. The highest BCUT2D eigenvalue weighted by Gasteiger charge is 2.17. The summed E-state index contributed by atoms with van der Waals surface area (Å²) in [4.78, 5) is 12.0. The van der Waals surface area contributed by atoms with Crippen LogP contribution in [0.3, 0.4) is 0 Å². The number of aromatic nitrogens is 1. The predicted molar refractivity (Wildman–Crippen MR) is 119 cm³/mol. The van der Waals surface area contributed by atoms with Crippen molar-refractivity contribution in [1.82, 2.24) is 4.57 Å². The number of rotatable bonds is 5. The Morgan fingerprint density at radius 3 is 2.48 bits per heavy atom. The summed E-state index contributed by atoms with van der Waals surface area (Å²) in [6.07, 6.45) is 0. The zero-order chi connectivity index (χ0) is 21.4. The largest absolute Gasteiger partial charge is 0.457 e. The molecular formula is C26H18FN2O2. The molecule has 0 saturated carbocycles. The summed E-state index contributed by atoms with van der Waals surface area (Å²) in [6.45, 7) is 0.508. The highest BCUT2D eigenvalue weighted by Crippen LogP contribution is 2.33. The highest BCUT2D eigenvalue weighted by atomic mass is 19.1. The third-order valence-corrected chi connectivity index (χ3v) is 5.25. The normalized spacial score (nSPS) is 11.1. The topological polar surface area (TPSA) is 57.2 Å². The molecule has 5 rings (SSSR count). The van der Waals surface area contributed by atoms with Gasteiger partial charge in [-0.1, -0.05) is 36.4 Å². The fraction of sp³-hybridized carbons (Fsp3) is 0.0385. The van der Waals surface area contributed by atoms with Crippen LogP contribution in [0.25, 0.3) is 21.8 Å². The lowest BCUT2D eigenvalue weighted by Crippen LogP contribution is -2.11. The lowest BCUT2D eigenvalue weighted by Gasteiger charge is -2.11. The van der Waals surface area contributed by atoms with Crippen molar-refractivity contribution in [2.45, 2.75) is 6.54 Å². The maximum Gasteiger partial charge on any atom is 0.249 e. The minimum absolute atomic E-state index is 0.351. The molecular weight excluding hydrogens is 391 g/mol. The second-order valence-corrected chi connectivity index (χ2v) is 7.28. The second kappa shape index (κ2) is 7.61. The van der Waals surface area contributed by atoms with E-state index < -0.39 is 11.7 Å². The Morgan fingerprint density at radius 2 is 1.68 bits per heavy atom. The van der Waals surface area contributed by atoms with E-state index in [-0.39, 0.29) is 0 Å². The van der Waals surface area contributed by atoms with Gasteiger partial charge in [0.25, 0.3) is 0 Å². The zero-order valence-corrected chi connectivity index (χ0v) is 16.5. The molecule has 151 valence electrons. The first kappa shape index (κ1) is 18.9. The lowest BCUT2D eigenvalue weighted by atomic mass is 10.1. The molecule has 0 unspecified atom stereocenters. The molecule has 5 aromatic rings. The molecule has 31 heavy (non-hydrogen) atoms. The lowest BCUT2D eigenvalue weighted by molar-refractivity contribution is 0.100. The van der Waals surface area contributed by atoms with Crippen molar-refractivity contribution in [2.24, 2.45) is 5.73 Å². The van der Waals surface area contributed by atoms with Gasteiger partial charge in [0.1, 0.15) is 17.3 Å². The summed E-state index contributed by atoms with van der Waals surface area (Å²) in [7, 11) is 0. The maximum absolute atomic E-state index is 14.0. The van der Waals surface area contributed by atoms with Crippen LogP contribution in [-0.4, -0.2) is 10.5 Å². The number of halogens is 1. The third-order valence-electron chi connectivity index (χ3n) is 5.25. The quantitative estimate of drug-likeness (QED) is 0.406. The number of nitrogens with zero attached hydrogens (tertiary/aromatic N) is 1. The molecule has 5 heteroatoms. The van der Waals surface area contributed by atoms with Gasteiger partial charge in [-0.3, -0.25) is 4.79 Å². The van der Waals surface area contributed by atoms with E-state index in [1.165, 1.54) is 6.07 Å². The molecule has 0 aliphatic rings. The molecule has 4 aromatic carbocycles. The van der Waals surface area contributed by atoms with Gasteiger partial charge >= 0.3 is 0 Å². The molecule has 0 fully saturated rings. The number of amides is 1. The van der Waals surface area contributed by atoms with Gasteiger partial charge in [-0.05, 0) is 54.1 Å². The molecule has 0 spiro atoms. The monoisotopic (exact) mass is 409 g/mol. The smallest absolute Gasteiger partial charge is 0.249 e. The van der Waals surface area contributed by atoms with E-state index in [4.69, 9.17) is 10.5 Å². The van der Waals surface area contributed by atoms with Crippen LogP contribution in [0, 0.1) is 11.9 Å². The van der Waals surface area contributed by atoms with Gasteiger partial charge in [0.15, 0.2) is 0 Å². The van der Waals surface area contributed by atoms with E-state index >= 15 is 0 Å². The van der Waals surface area contributed by atoms with Gasteiger partial charge in [-0.25, -0.2) is 4.39 Å². The Labute approximate surface area is 178 Å². The van der Waals surface area contributed by atoms with Crippen molar-refractivity contribution in [3.05, 3.63) is 108 Å². The highest BCUT2D eigenvalue weighted by molar-refractivity contribution is 6.17. The number of hydrogen-bond donors (Lipinski definition) is 1. The molecule has 4 nitrogen and oxygen atoms in total. The van der Waals surface area contributed by atoms with Gasteiger partial charge in [-0.2, -0.15) is 0 Å². The Hall–Kier alpha value is -4.12. The third kappa shape index (κ3) is 3.51. The van der Waals surface area contributed by atoms with Crippen molar-refractivity contribution in [1.29, 1.82) is 0 Å². The van der Waals surface area contributed by atoms with Crippen LogP contribution in [0.4, 0.5) is 4.39 Å². The summed E-state index contributed by atoms with van der Waals surface area (Å²) in [5, 5.41) is 1.15. The first-order valence-corrected chi connectivity index (χ1v) is 9.84. The standard InChI is InChI=1S/C26H18FN2O2/c27-18-12-13-23-22(15-18)25-21(26(28)30)10-5-11-24(25)29(23)16-17-6-4-9-20(14-17)31-19-7-2-1-3-8-19/h1-14H,16H2,(H2,28,30). The van der Waals surface area contributed by atoms with Crippen molar-refractivity contribution in [3.8, 4) is 11.5 Å². The predicted octanol–water partition coefficient (Wildman–Crippen LogP) is 5.67. The first-order valence-electron chi connectivity index (χ1n) is 9.84. The fourth-order valence-electron chi connectivity index (χ4n) is 3.92. The summed E-state index contributed by atoms with van der Waals surface area (Å²) >= 11 is 0. The van der Waals surface area contributed by atoms with Crippen molar-refractivity contribution < 1.29 is 13.9 Å². The number of ether oxygens (including phenoxy) is 1. The van der Waals surface area contributed by atoms with Crippen LogP contribution in [0.5, 0.6) is 11.5 Å². The summed E-state index contributed by atoms with van der Waals surface area (Å²) in [5.74, 6) is 0.442. The van der Waals surface area contributed by atoms with E-state index in [2.05, 4.69) is 6.07 Å². The van der Waals surface area contributed by atoms with Crippen LogP contribution in [-0.2, 0) is 6.54 Å². The fourth-order valence-corrected chi connectivity index (χ4v) is 3.92. The second-order valence-electron chi connectivity index (χ2n) is 7.28. The number of nitrogens with two attached hydrogens (primary N) is 1. The van der Waals surface area contributed by atoms with E-state index in [1.807, 2.05) is 65.2 Å². The minimum atomic E-state index is -0.555. The Kier molecular flexibility index (Phi) is 4.64. The summed E-state index contributed by atoms with van der Waals surface area (Å²) in [6, 6.07) is 28.5. The van der Waals surface area contributed by atoms with Crippen molar-refractivity contribution >= 4 is 27.7 Å². The van der Waals surface area contributed by atoms with Gasteiger partial charge in [0.05, 0.1) is 11.0 Å². The number of fused-ring (bicyclic) bond motifs is 3. The van der Waals surface area contributed by atoms with Crippen LogP contribution in [0.2, 0.25) is 0 Å². The average Bonchev–Trinajstić information content (AvgIpc) is 3.07. The molecule has 1 aromatic heterocycles. The zero-order valence-electron chi connectivity index (χ0n) is 16.5. The van der Waals surface area contributed by atoms with E-state index in [0.717, 1.165) is 28.1 Å². The van der Waals surface area contributed by atoms with Crippen LogP contribution in [0.1, 0.15) is 15.9 Å². The molecule has 0 saturated heterocycles. The number of carbonyl (C=O) groups excluding carboxylic acids is 1. The molecule has 1 heterocycles. The number of para-hydroxylation sites is 1. The molecule has 2 N–H and O–H groups in total. The van der Waals surface area contributed by atoms with Crippen LogP contribution >= 0.6 is 0 Å².